The summed E-state index contributed by atoms with van der Waals surface area (Å²) in [6.07, 6.45) is 4.81. The summed E-state index contributed by atoms with van der Waals surface area (Å²) in [5.41, 5.74) is 1.60. The standard InChI is InChI=1S/C20H22ClFO/c1-14-7-9-15(10-8-14)13-23-18-12-11-17(19(21)20(18)22)16-5-3-2-4-6-16/h2-6,11-12,14-15H,7-10,13H2,1H3. The summed E-state index contributed by atoms with van der Waals surface area (Å²) in [4.78, 5) is 0. The minimum absolute atomic E-state index is 0.131. The van der Waals surface area contributed by atoms with Crippen molar-refractivity contribution >= 4 is 11.6 Å². The summed E-state index contributed by atoms with van der Waals surface area (Å²) < 4.78 is 20.2. The third kappa shape index (κ3) is 3.87. The molecule has 3 rings (SSSR count). The van der Waals surface area contributed by atoms with Gasteiger partial charge in [-0.05, 0) is 42.4 Å². The molecule has 0 aliphatic heterocycles. The summed E-state index contributed by atoms with van der Waals surface area (Å²) in [6, 6.07) is 13.1. The van der Waals surface area contributed by atoms with Crippen LogP contribution >= 0.6 is 11.6 Å². The molecule has 1 saturated carbocycles. The van der Waals surface area contributed by atoms with E-state index in [9.17, 15) is 4.39 Å². The molecule has 0 aromatic heterocycles. The molecule has 0 atom stereocenters. The zero-order valence-electron chi connectivity index (χ0n) is 13.4. The first-order valence-corrected chi connectivity index (χ1v) is 8.69. The Morgan fingerprint density at radius 1 is 1.04 bits per heavy atom. The van der Waals surface area contributed by atoms with Gasteiger partial charge >= 0.3 is 0 Å². The van der Waals surface area contributed by atoms with Crippen molar-refractivity contribution in [3.05, 3.63) is 53.3 Å². The summed E-state index contributed by atoms with van der Waals surface area (Å²) >= 11 is 6.22. The van der Waals surface area contributed by atoms with Gasteiger partial charge in [0.15, 0.2) is 11.6 Å². The average Bonchev–Trinajstić information content (AvgIpc) is 2.58. The second-order valence-corrected chi connectivity index (χ2v) is 6.92. The van der Waals surface area contributed by atoms with Gasteiger partial charge in [-0.1, -0.05) is 61.7 Å². The lowest BCUT2D eigenvalue weighted by Gasteiger charge is -2.26. The summed E-state index contributed by atoms with van der Waals surface area (Å²) in [6.45, 7) is 2.86. The Morgan fingerprint density at radius 3 is 2.43 bits per heavy atom. The predicted molar refractivity (Wildman–Crippen MR) is 93.5 cm³/mol. The van der Waals surface area contributed by atoms with Crippen LogP contribution in [0.5, 0.6) is 5.75 Å². The molecular formula is C20H22ClFO. The van der Waals surface area contributed by atoms with E-state index in [4.69, 9.17) is 16.3 Å². The molecule has 1 aliphatic rings. The van der Waals surface area contributed by atoms with Crippen LogP contribution in [0.3, 0.4) is 0 Å². The minimum atomic E-state index is -0.461. The first-order chi connectivity index (χ1) is 11.1. The number of ether oxygens (including phenoxy) is 1. The highest BCUT2D eigenvalue weighted by atomic mass is 35.5. The molecule has 23 heavy (non-hydrogen) atoms. The zero-order valence-corrected chi connectivity index (χ0v) is 14.2. The molecule has 3 heteroatoms. The molecule has 122 valence electrons. The van der Waals surface area contributed by atoms with E-state index in [0.29, 0.717) is 18.1 Å². The molecule has 0 amide bonds. The van der Waals surface area contributed by atoms with E-state index in [1.807, 2.05) is 36.4 Å². The topological polar surface area (TPSA) is 9.23 Å². The maximum absolute atomic E-state index is 14.5. The van der Waals surface area contributed by atoms with E-state index in [2.05, 4.69) is 6.92 Å². The van der Waals surface area contributed by atoms with Crippen molar-refractivity contribution in [3.63, 3.8) is 0 Å². The normalized spacial score (nSPS) is 21.2. The number of halogens is 2. The van der Waals surface area contributed by atoms with Gasteiger partial charge in [-0.15, -0.1) is 0 Å². The minimum Gasteiger partial charge on any atom is -0.490 e. The third-order valence-corrected chi connectivity index (χ3v) is 5.11. The van der Waals surface area contributed by atoms with E-state index >= 15 is 0 Å². The molecule has 0 unspecified atom stereocenters. The van der Waals surface area contributed by atoms with Gasteiger partial charge in [0, 0.05) is 5.56 Å². The van der Waals surface area contributed by atoms with Crippen molar-refractivity contribution in [2.75, 3.05) is 6.61 Å². The van der Waals surface area contributed by atoms with Crippen LogP contribution in [0.25, 0.3) is 11.1 Å². The van der Waals surface area contributed by atoms with Gasteiger partial charge in [-0.3, -0.25) is 0 Å². The highest BCUT2D eigenvalue weighted by Gasteiger charge is 2.20. The van der Waals surface area contributed by atoms with Crippen molar-refractivity contribution < 1.29 is 9.13 Å². The quantitative estimate of drug-likeness (QED) is 0.633. The Bertz CT molecular complexity index is 648. The van der Waals surface area contributed by atoms with Gasteiger partial charge < -0.3 is 4.74 Å². The molecule has 0 N–H and O–H groups in total. The van der Waals surface area contributed by atoms with Crippen LogP contribution in [0.2, 0.25) is 5.02 Å². The van der Waals surface area contributed by atoms with Gasteiger partial charge in [0.05, 0.1) is 11.6 Å². The first-order valence-electron chi connectivity index (χ1n) is 8.31. The molecule has 0 spiro atoms. The number of rotatable bonds is 4. The van der Waals surface area contributed by atoms with Gasteiger partial charge in [-0.25, -0.2) is 4.39 Å². The first kappa shape index (κ1) is 16.3. The smallest absolute Gasteiger partial charge is 0.184 e. The summed E-state index contributed by atoms with van der Waals surface area (Å²) in [7, 11) is 0. The van der Waals surface area contributed by atoms with E-state index in [1.165, 1.54) is 25.7 Å². The molecule has 0 radical (unpaired) electrons. The second kappa shape index (κ2) is 7.35. The van der Waals surface area contributed by atoms with Crippen LogP contribution in [0.1, 0.15) is 32.6 Å². The molecule has 0 saturated heterocycles. The van der Waals surface area contributed by atoms with Crippen molar-refractivity contribution in [2.24, 2.45) is 11.8 Å². The van der Waals surface area contributed by atoms with Gasteiger partial charge in [0.25, 0.3) is 0 Å². The van der Waals surface area contributed by atoms with Crippen molar-refractivity contribution in [3.8, 4) is 16.9 Å². The molecule has 2 aromatic rings. The van der Waals surface area contributed by atoms with Gasteiger partial charge in [-0.2, -0.15) is 0 Å². The number of hydrogen-bond donors (Lipinski definition) is 0. The fourth-order valence-corrected chi connectivity index (χ4v) is 3.45. The fraction of sp³-hybridized carbons (Fsp3) is 0.400. The molecule has 1 fully saturated rings. The van der Waals surface area contributed by atoms with Crippen molar-refractivity contribution in [2.45, 2.75) is 32.6 Å². The Balaban J connectivity index is 1.70. The molecular weight excluding hydrogens is 311 g/mol. The highest BCUT2D eigenvalue weighted by molar-refractivity contribution is 6.33. The lowest BCUT2D eigenvalue weighted by Crippen LogP contribution is -2.19. The Kier molecular flexibility index (Phi) is 5.22. The van der Waals surface area contributed by atoms with Gasteiger partial charge in [0.1, 0.15) is 0 Å². The maximum Gasteiger partial charge on any atom is 0.184 e. The Hall–Kier alpha value is -1.54. The molecule has 0 bridgehead atoms. The number of hydrogen-bond acceptors (Lipinski definition) is 1. The van der Waals surface area contributed by atoms with Crippen LogP contribution in [-0.2, 0) is 0 Å². The van der Waals surface area contributed by atoms with Crippen molar-refractivity contribution in [1.82, 2.24) is 0 Å². The largest absolute Gasteiger partial charge is 0.490 e. The van der Waals surface area contributed by atoms with Crippen LogP contribution in [-0.4, -0.2) is 6.61 Å². The molecule has 1 nitrogen and oxygen atoms in total. The summed E-state index contributed by atoms with van der Waals surface area (Å²) in [5.74, 6) is 1.13. The van der Waals surface area contributed by atoms with Crippen LogP contribution in [0.15, 0.2) is 42.5 Å². The molecule has 0 heterocycles. The molecule has 1 aliphatic carbocycles. The van der Waals surface area contributed by atoms with Crippen molar-refractivity contribution in [1.29, 1.82) is 0 Å². The van der Waals surface area contributed by atoms with E-state index < -0.39 is 5.82 Å². The monoisotopic (exact) mass is 332 g/mol. The highest BCUT2D eigenvalue weighted by Crippen LogP contribution is 2.35. The van der Waals surface area contributed by atoms with E-state index in [0.717, 1.165) is 11.5 Å². The zero-order chi connectivity index (χ0) is 16.2. The Morgan fingerprint density at radius 2 is 1.74 bits per heavy atom. The SMILES string of the molecule is CC1CCC(COc2ccc(-c3ccccc3)c(Cl)c2F)CC1. The lowest BCUT2D eigenvalue weighted by molar-refractivity contribution is 0.183. The van der Waals surface area contributed by atoms with E-state index in [1.54, 1.807) is 6.07 Å². The summed E-state index contributed by atoms with van der Waals surface area (Å²) in [5, 5.41) is 0.131. The average molecular weight is 333 g/mol. The number of benzene rings is 2. The fourth-order valence-electron chi connectivity index (χ4n) is 3.19. The third-order valence-electron chi connectivity index (χ3n) is 4.74. The van der Waals surface area contributed by atoms with Gasteiger partial charge in [0.2, 0.25) is 0 Å². The van der Waals surface area contributed by atoms with Crippen LogP contribution in [0, 0.1) is 17.7 Å². The van der Waals surface area contributed by atoms with Crippen LogP contribution < -0.4 is 4.74 Å². The molecule has 2 aromatic carbocycles. The second-order valence-electron chi connectivity index (χ2n) is 6.54. The lowest BCUT2D eigenvalue weighted by atomic mass is 9.83. The predicted octanol–water partition coefficient (Wildman–Crippen LogP) is 6.35. The van der Waals surface area contributed by atoms with E-state index in [-0.39, 0.29) is 10.8 Å². The Labute approximate surface area is 142 Å². The van der Waals surface area contributed by atoms with Crippen LogP contribution in [0.4, 0.5) is 4.39 Å². The maximum atomic E-state index is 14.5.